The van der Waals surface area contributed by atoms with Gasteiger partial charge in [0.15, 0.2) is 5.96 Å². The van der Waals surface area contributed by atoms with Gasteiger partial charge in [0, 0.05) is 26.7 Å². The molecule has 3 rings (SSSR count). The fraction of sp³-hybridized carbons (Fsp3) is 0.476. The molecule has 1 aliphatic heterocycles. The molecular weight excluding hydrogens is 529 g/mol. The smallest absolute Gasteiger partial charge is 0.240 e. The molecular formula is C21H32IN5O3S. The summed E-state index contributed by atoms with van der Waals surface area (Å²) >= 11 is 0. The van der Waals surface area contributed by atoms with Gasteiger partial charge in [-0.15, -0.1) is 24.0 Å². The maximum atomic E-state index is 12.3. The average Bonchev–Trinajstić information content (AvgIpc) is 3.31. The van der Waals surface area contributed by atoms with Crippen molar-refractivity contribution in [1.82, 2.24) is 20.3 Å². The molecule has 1 fully saturated rings. The Morgan fingerprint density at radius 1 is 1.06 bits per heavy atom. The van der Waals surface area contributed by atoms with E-state index in [0.29, 0.717) is 19.0 Å². The van der Waals surface area contributed by atoms with Crippen LogP contribution in [-0.4, -0.2) is 59.0 Å². The number of likely N-dealkylation sites (tertiary alicyclic amines) is 1. The van der Waals surface area contributed by atoms with Crippen molar-refractivity contribution in [3.05, 3.63) is 54.5 Å². The van der Waals surface area contributed by atoms with E-state index in [-0.39, 0.29) is 41.5 Å². The van der Waals surface area contributed by atoms with Gasteiger partial charge in [-0.1, -0.05) is 24.6 Å². The van der Waals surface area contributed by atoms with E-state index >= 15 is 0 Å². The highest BCUT2D eigenvalue weighted by Gasteiger charge is 2.24. The number of nitrogens with one attached hydrogen (secondary N) is 3. The Balaban J connectivity index is 0.00000341. The molecule has 0 aliphatic carbocycles. The molecule has 1 aliphatic rings. The molecule has 0 spiro atoms. The molecule has 1 aromatic carbocycles. The Labute approximate surface area is 202 Å². The van der Waals surface area contributed by atoms with E-state index in [2.05, 4.69) is 25.2 Å². The summed E-state index contributed by atoms with van der Waals surface area (Å²) in [5.41, 5.74) is 0. The van der Waals surface area contributed by atoms with Crippen LogP contribution < -0.4 is 15.4 Å². The van der Waals surface area contributed by atoms with Crippen LogP contribution in [0.1, 0.15) is 31.1 Å². The number of hydrogen-bond donors (Lipinski definition) is 3. The molecule has 2 aromatic rings. The number of sulfonamides is 1. The van der Waals surface area contributed by atoms with Crippen LogP contribution in [0.25, 0.3) is 0 Å². The number of rotatable bonds is 9. The molecule has 2 heterocycles. The van der Waals surface area contributed by atoms with Gasteiger partial charge in [-0.05, 0) is 50.2 Å². The molecule has 1 unspecified atom stereocenters. The average molecular weight is 561 g/mol. The number of guanidine groups is 1. The third-order valence-corrected chi connectivity index (χ3v) is 6.63. The van der Waals surface area contributed by atoms with Crippen LogP contribution in [0.15, 0.2) is 63.0 Å². The monoisotopic (exact) mass is 561 g/mol. The number of piperidine rings is 1. The summed E-state index contributed by atoms with van der Waals surface area (Å²) in [6.45, 7) is 3.44. The quantitative estimate of drug-likeness (QED) is 0.189. The van der Waals surface area contributed by atoms with E-state index < -0.39 is 10.0 Å². The Morgan fingerprint density at radius 2 is 1.81 bits per heavy atom. The summed E-state index contributed by atoms with van der Waals surface area (Å²) in [5.74, 6) is 1.57. The highest BCUT2D eigenvalue weighted by atomic mass is 127. The van der Waals surface area contributed by atoms with Crippen molar-refractivity contribution >= 4 is 40.0 Å². The van der Waals surface area contributed by atoms with Crippen molar-refractivity contribution in [1.29, 1.82) is 0 Å². The second-order valence-electron chi connectivity index (χ2n) is 7.22. The van der Waals surface area contributed by atoms with Crippen LogP contribution in [0, 0.1) is 0 Å². The van der Waals surface area contributed by atoms with Gasteiger partial charge in [-0.3, -0.25) is 9.89 Å². The Bertz CT molecular complexity index is 885. The fourth-order valence-corrected chi connectivity index (χ4v) is 4.64. The number of hydrogen-bond acceptors (Lipinski definition) is 5. The Hall–Kier alpha value is -1.63. The molecule has 8 nitrogen and oxygen atoms in total. The molecule has 0 amide bonds. The molecule has 1 saturated heterocycles. The standard InChI is InChI=1S/C21H31N5O3S.HI/c1-22-21(23-12-13-25-30(27,28)18-9-4-2-5-10-18)24-17-19(20-11-8-16-29-20)26-14-6-3-7-15-26;/h2,4-5,8-11,16,19,25H,3,6-7,12-15,17H2,1H3,(H2,22,23,24);1H. The van der Waals surface area contributed by atoms with Crippen LogP contribution in [-0.2, 0) is 10.0 Å². The highest BCUT2D eigenvalue weighted by Crippen LogP contribution is 2.24. The van der Waals surface area contributed by atoms with Crippen molar-refractivity contribution in [2.45, 2.75) is 30.2 Å². The molecule has 31 heavy (non-hydrogen) atoms. The Morgan fingerprint density at radius 3 is 2.45 bits per heavy atom. The van der Waals surface area contributed by atoms with Crippen LogP contribution in [0.3, 0.4) is 0 Å². The van der Waals surface area contributed by atoms with Crippen molar-refractivity contribution in [3.8, 4) is 0 Å². The third-order valence-electron chi connectivity index (χ3n) is 5.15. The second-order valence-corrected chi connectivity index (χ2v) is 8.99. The maximum Gasteiger partial charge on any atom is 0.240 e. The SMILES string of the molecule is CN=C(NCCNS(=O)(=O)c1ccccc1)NCC(c1ccco1)N1CCCCC1.I. The second kappa shape index (κ2) is 13.0. The fourth-order valence-electron chi connectivity index (χ4n) is 3.58. The van der Waals surface area contributed by atoms with Crippen LogP contribution in [0.4, 0.5) is 0 Å². The first-order valence-electron chi connectivity index (χ1n) is 10.4. The van der Waals surface area contributed by atoms with E-state index in [1.165, 1.54) is 19.3 Å². The van der Waals surface area contributed by atoms with Crippen LogP contribution in [0.5, 0.6) is 0 Å². The van der Waals surface area contributed by atoms with E-state index in [1.54, 1.807) is 43.6 Å². The van der Waals surface area contributed by atoms with Gasteiger partial charge in [-0.2, -0.15) is 0 Å². The first-order chi connectivity index (χ1) is 14.6. The number of benzene rings is 1. The predicted molar refractivity (Wildman–Crippen MR) is 133 cm³/mol. The summed E-state index contributed by atoms with van der Waals surface area (Å²) in [5, 5.41) is 6.50. The van der Waals surface area contributed by atoms with Gasteiger partial charge in [0.1, 0.15) is 5.76 Å². The van der Waals surface area contributed by atoms with Gasteiger partial charge in [0.25, 0.3) is 0 Å². The van der Waals surface area contributed by atoms with Gasteiger partial charge in [0.05, 0.1) is 17.2 Å². The van der Waals surface area contributed by atoms with Crippen molar-refractivity contribution < 1.29 is 12.8 Å². The summed E-state index contributed by atoms with van der Waals surface area (Å²) in [7, 11) is -1.80. The predicted octanol–water partition coefficient (Wildman–Crippen LogP) is 2.57. The molecule has 0 radical (unpaired) electrons. The van der Waals surface area contributed by atoms with Gasteiger partial charge < -0.3 is 15.1 Å². The summed E-state index contributed by atoms with van der Waals surface area (Å²) < 4.78 is 32.8. The zero-order valence-corrected chi connectivity index (χ0v) is 20.9. The zero-order valence-electron chi connectivity index (χ0n) is 17.8. The van der Waals surface area contributed by atoms with E-state index in [1.807, 2.05) is 12.1 Å². The Kier molecular flexibility index (Phi) is 10.8. The number of furan rings is 1. The molecule has 10 heteroatoms. The van der Waals surface area contributed by atoms with E-state index in [0.717, 1.165) is 18.8 Å². The number of nitrogens with zero attached hydrogens (tertiary/aromatic N) is 2. The summed E-state index contributed by atoms with van der Waals surface area (Å²) in [6.07, 6.45) is 5.38. The first-order valence-corrected chi connectivity index (χ1v) is 11.8. The van der Waals surface area contributed by atoms with Gasteiger partial charge in [-0.25, -0.2) is 13.1 Å². The van der Waals surface area contributed by atoms with Gasteiger partial charge in [0.2, 0.25) is 10.0 Å². The molecule has 172 valence electrons. The number of aliphatic imine (C=N–C) groups is 1. The number of halogens is 1. The van der Waals surface area contributed by atoms with Gasteiger partial charge >= 0.3 is 0 Å². The maximum absolute atomic E-state index is 12.3. The van der Waals surface area contributed by atoms with Crippen molar-refractivity contribution in [3.63, 3.8) is 0 Å². The van der Waals surface area contributed by atoms with Crippen LogP contribution in [0.2, 0.25) is 0 Å². The lowest BCUT2D eigenvalue weighted by molar-refractivity contribution is 0.146. The summed E-state index contributed by atoms with van der Waals surface area (Å²) in [4.78, 5) is 6.95. The topological polar surface area (TPSA) is 99.0 Å². The minimum absolute atomic E-state index is 0. The van der Waals surface area contributed by atoms with Crippen molar-refractivity contribution in [2.75, 3.05) is 39.8 Å². The zero-order chi connectivity index (χ0) is 21.2. The molecule has 3 N–H and O–H groups in total. The lowest BCUT2D eigenvalue weighted by Gasteiger charge is -2.33. The largest absolute Gasteiger partial charge is 0.468 e. The third kappa shape index (κ3) is 7.78. The molecule has 1 atom stereocenters. The normalized spacial score (nSPS) is 16.4. The van der Waals surface area contributed by atoms with Crippen LogP contribution >= 0.6 is 24.0 Å². The molecule has 1 aromatic heterocycles. The highest BCUT2D eigenvalue weighted by molar-refractivity contribution is 14.0. The first kappa shape index (κ1) is 25.6. The minimum Gasteiger partial charge on any atom is -0.468 e. The lowest BCUT2D eigenvalue weighted by atomic mass is 10.1. The summed E-state index contributed by atoms with van der Waals surface area (Å²) in [6, 6.07) is 12.4. The molecule has 0 saturated carbocycles. The van der Waals surface area contributed by atoms with E-state index in [9.17, 15) is 8.42 Å². The van der Waals surface area contributed by atoms with Crippen molar-refractivity contribution in [2.24, 2.45) is 4.99 Å². The molecule has 0 bridgehead atoms. The minimum atomic E-state index is -3.50. The lowest BCUT2D eigenvalue weighted by Crippen LogP contribution is -2.45. The van der Waals surface area contributed by atoms with E-state index in [4.69, 9.17) is 4.42 Å².